The molecule has 1 N–H and O–H groups in total. The van der Waals surface area contributed by atoms with Crippen molar-refractivity contribution in [1.82, 2.24) is 4.98 Å². The number of nitriles is 1. The molecule has 3 aromatic rings. The van der Waals surface area contributed by atoms with Crippen molar-refractivity contribution in [2.75, 3.05) is 0 Å². The second kappa shape index (κ2) is 7.16. The number of allylic oxidation sites excluding steroid dienone is 1. The zero-order chi connectivity index (χ0) is 19.7. The zero-order valence-corrected chi connectivity index (χ0v) is 15.3. The summed E-state index contributed by atoms with van der Waals surface area (Å²) >= 11 is 0. The van der Waals surface area contributed by atoms with Crippen LogP contribution in [0.5, 0.6) is 5.75 Å². The van der Waals surface area contributed by atoms with Gasteiger partial charge in [0, 0.05) is 5.39 Å². The smallest absolute Gasteiger partial charge is 0.340 e. The highest BCUT2D eigenvalue weighted by atomic mass is 16.5. The fourth-order valence-electron chi connectivity index (χ4n) is 3.53. The SMILES string of the molecule is C[C@@H](C#N)OC(=O)c1c2c(nc3ccccc13)/C(=C/c1ccc(O)cc1)CC2. The number of pyridine rings is 1. The Morgan fingerprint density at radius 3 is 2.71 bits per heavy atom. The first kappa shape index (κ1) is 17.7. The summed E-state index contributed by atoms with van der Waals surface area (Å²) in [6.07, 6.45) is 2.65. The van der Waals surface area contributed by atoms with E-state index in [1.54, 1.807) is 19.1 Å². The molecule has 1 aromatic heterocycles. The number of phenols is 1. The average molecular weight is 370 g/mol. The van der Waals surface area contributed by atoms with Crippen LogP contribution < -0.4 is 0 Å². The van der Waals surface area contributed by atoms with Gasteiger partial charge in [-0.05, 0) is 60.7 Å². The molecule has 5 heteroatoms. The third-order valence-electron chi connectivity index (χ3n) is 4.85. The van der Waals surface area contributed by atoms with Gasteiger partial charge in [0.2, 0.25) is 0 Å². The van der Waals surface area contributed by atoms with Gasteiger partial charge in [-0.25, -0.2) is 9.78 Å². The first-order chi connectivity index (χ1) is 13.6. The molecule has 0 aliphatic heterocycles. The summed E-state index contributed by atoms with van der Waals surface area (Å²) in [6.45, 7) is 1.55. The fraction of sp³-hybridized carbons (Fsp3) is 0.174. The lowest BCUT2D eigenvalue weighted by molar-refractivity contribution is 0.0436. The number of nitrogens with zero attached hydrogens (tertiary/aromatic N) is 2. The van der Waals surface area contributed by atoms with Gasteiger partial charge in [0.15, 0.2) is 6.10 Å². The number of rotatable bonds is 3. The first-order valence-corrected chi connectivity index (χ1v) is 9.09. The Hall–Kier alpha value is -3.65. The van der Waals surface area contributed by atoms with Gasteiger partial charge in [-0.3, -0.25) is 0 Å². The zero-order valence-electron chi connectivity index (χ0n) is 15.3. The van der Waals surface area contributed by atoms with Gasteiger partial charge < -0.3 is 9.84 Å². The lowest BCUT2D eigenvalue weighted by atomic mass is 10.0. The Morgan fingerprint density at radius 2 is 1.96 bits per heavy atom. The predicted octanol–water partition coefficient (Wildman–Crippen LogP) is 4.50. The van der Waals surface area contributed by atoms with Crippen molar-refractivity contribution in [2.24, 2.45) is 0 Å². The Morgan fingerprint density at radius 1 is 1.21 bits per heavy atom. The maximum Gasteiger partial charge on any atom is 0.340 e. The first-order valence-electron chi connectivity index (χ1n) is 9.09. The third-order valence-corrected chi connectivity index (χ3v) is 4.85. The molecule has 28 heavy (non-hydrogen) atoms. The molecule has 0 spiro atoms. The number of fused-ring (bicyclic) bond motifs is 2. The molecule has 1 aliphatic rings. The van der Waals surface area contributed by atoms with Gasteiger partial charge in [0.25, 0.3) is 0 Å². The second-order valence-corrected chi connectivity index (χ2v) is 6.77. The van der Waals surface area contributed by atoms with Crippen molar-refractivity contribution in [3.63, 3.8) is 0 Å². The van der Waals surface area contributed by atoms with Crippen LogP contribution in [0.1, 0.15) is 40.5 Å². The number of carbonyl (C=O) groups is 1. The number of benzene rings is 2. The highest BCUT2D eigenvalue weighted by molar-refractivity contribution is 6.07. The normalized spacial score (nSPS) is 15.2. The number of para-hydroxylation sites is 1. The van der Waals surface area contributed by atoms with E-state index in [4.69, 9.17) is 15.0 Å². The number of carbonyl (C=O) groups excluding carboxylic acids is 1. The summed E-state index contributed by atoms with van der Waals surface area (Å²) in [5, 5.41) is 19.2. The molecule has 0 fully saturated rings. The van der Waals surface area contributed by atoms with Crippen molar-refractivity contribution in [3.8, 4) is 11.8 Å². The molecule has 1 atom stereocenters. The van der Waals surface area contributed by atoms with Crippen molar-refractivity contribution < 1.29 is 14.6 Å². The number of hydrogen-bond donors (Lipinski definition) is 1. The van der Waals surface area contributed by atoms with E-state index < -0.39 is 12.1 Å². The van der Waals surface area contributed by atoms with Crippen LogP contribution in [-0.4, -0.2) is 22.2 Å². The quantitative estimate of drug-likeness (QED) is 0.687. The van der Waals surface area contributed by atoms with E-state index in [9.17, 15) is 9.90 Å². The molecular formula is C23H18N2O3. The summed E-state index contributed by atoms with van der Waals surface area (Å²) in [5.74, 6) is -0.274. The van der Waals surface area contributed by atoms with E-state index in [0.29, 0.717) is 12.0 Å². The van der Waals surface area contributed by atoms with Crippen molar-refractivity contribution >= 4 is 28.5 Å². The number of phenolic OH excluding ortho intramolecular Hbond substituents is 1. The van der Waals surface area contributed by atoms with Gasteiger partial charge in [-0.1, -0.05) is 30.3 Å². The van der Waals surface area contributed by atoms with Crippen LogP contribution in [0.4, 0.5) is 0 Å². The summed E-state index contributed by atoms with van der Waals surface area (Å²) in [6, 6.07) is 16.4. The lowest BCUT2D eigenvalue weighted by Crippen LogP contribution is -2.16. The van der Waals surface area contributed by atoms with Gasteiger partial charge in [-0.2, -0.15) is 5.26 Å². The molecule has 0 saturated carbocycles. The van der Waals surface area contributed by atoms with Gasteiger partial charge >= 0.3 is 5.97 Å². The number of ether oxygens (including phenoxy) is 1. The molecule has 0 amide bonds. The van der Waals surface area contributed by atoms with Crippen LogP contribution >= 0.6 is 0 Å². The number of aromatic nitrogens is 1. The number of aromatic hydroxyl groups is 1. The minimum atomic E-state index is -0.816. The monoisotopic (exact) mass is 370 g/mol. The average Bonchev–Trinajstić information content (AvgIpc) is 3.09. The predicted molar refractivity (Wildman–Crippen MR) is 107 cm³/mol. The van der Waals surface area contributed by atoms with E-state index in [1.165, 1.54) is 0 Å². The molecule has 2 aromatic carbocycles. The second-order valence-electron chi connectivity index (χ2n) is 6.77. The van der Waals surface area contributed by atoms with E-state index >= 15 is 0 Å². The van der Waals surface area contributed by atoms with E-state index in [-0.39, 0.29) is 5.75 Å². The van der Waals surface area contributed by atoms with Gasteiger partial charge in [-0.15, -0.1) is 0 Å². The van der Waals surface area contributed by atoms with E-state index in [1.807, 2.05) is 48.5 Å². The highest BCUT2D eigenvalue weighted by Gasteiger charge is 2.28. The molecule has 1 aliphatic carbocycles. The van der Waals surface area contributed by atoms with E-state index in [0.717, 1.165) is 39.7 Å². The van der Waals surface area contributed by atoms with Crippen LogP contribution in [0, 0.1) is 11.3 Å². The standard InChI is InChI=1S/C23H18N2O3/c1-14(13-24)28-23(27)21-18-4-2-3-5-20(18)25-22-16(8-11-19(21)22)12-15-6-9-17(26)10-7-15/h2-7,9-10,12,14,26H,8,11H2,1H3/b16-12+/t14-/m0/s1. The molecule has 0 saturated heterocycles. The van der Waals surface area contributed by atoms with Crippen molar-refractivity contribution in [3.05, 3.63) is 70.9 Å². The summed E-state index contributed by atoms with van der Waals surface area (Å²) in [7, 11) is 0. The molecule has 5 nitrogen and oxygen atoms in total. The summed E-state index contributed by atoms with van der Waals surface area (Å²) < 4.78 is 5.31. The highest BCUT2D eigenvalue weighted by Crippen LogP contribution is 2.38. The molecule has 138 valence electrons. The van der Waals surface area contributed by atoms with Gasteiger partial charge in [0.1, 0.15) is 11.8 Å². The molecular weight excluding hydrogens is 352 g/mol. The molecule has 0 radical (unpaired) electrons. The summed E-state index contributed by atoms with van der Waals surface area (Å²) in [4.78, 5) is 17.6. The Labute approximate surface area is 162 Å². The fourth-order valence-corrected chi connectivity index (χ4v) is 3.53. The Kier molecular flexibility index (Phi) is 4.54. The lowest BCUT2D eigenvalue weighted by Gasteiger charge is -2.13. The van der Waals surface area contributed by atoms with Crippen LogP contribution in [-0.2, 0) is 11.2 Å². The third kappa shape index (κ3) is 3.21. The van der Waals surface area contributed by atoms with E-state index in [2.05, 4.69) is 0 Å². The maximum atomic E-state index is 12.8. The number of esters is 1. The maximum absolute atomic E-state index is 12.8. The van der Waals surface area contributed by atoms with Crippen molar-refractivity contribution in [2.45, 2.75) is 25.9 Å². The van der Waals surface area contributed by atoms with Gasteiger partial charge in [0.05, 0.1) is 16.8 Å². The van der Waals surface area contributed by atoms with Crippen LogP contribution in [0.25, 0.3) is 22.6 Å². The molecule has 0 unspecified atom stereocenters. The van der Waals surface area contributed by atoms with Crippen LogP contribution in [0.15, 0.2) is 48.5 Å². The number of hydrogen-bond acceptors (Lipinski definition) is 5. The Balaban J connectivity index is 1.86. The van der Waals surface area contributed by atoms with Crippen molar-refractivity contribution in [1.29, 1.82) is 5.26 Å². The largest absolute Gasteiger partial charge is 0.508 e. The van der Waals surface area contributed by atoms with Crippen LogP contribution in [0.2, 0.25) is 0 Å². The van der Waals surface area contributed by atoms with Crippen LogP contribution in [0.3, 0.4) is 0 Å². The minimum absolute atomic E-state index is 0.217. The topological polar surface area (TPSA) is 83.2 Å². The summed E-state index contributed by atoms with van der Waals surface area (Å²) in [5.41, 5.74) is 4.86. The molecule has 0 bridgehead atoms. The minimum Gasteiger partial charge on any atom is -0.508 e. The molecule has 4 rings (SSSR count). The molecule has 1 heterocycles. The Bertz CT molecular complexity index is 1140.